The molecule has 156 valence electrons. The lowest BCUT2D eigenvalue weighted by Crippen LogP contribution is -2.49. The second kappa shape index (κ2) is 8.52. The van der Waals surface area contributed by atoms with Crippen molar-refractivity contribution < 1.29 is 14.3 Å². The van der Waals surface area contributed by atoms with E-state index in [-0.39, 0.29) is 17.7 Å². The zero-order chi connectivity index (χ0) is 21.0. The van der Waals surface area contributed by atoms with Crippen LogP contribution in [-0.4, -0.2) is 63.8 Å². The number of aromatic nitrogens is 2. The standard InChI is InChI=1S/C20H28N6O3/c1-20(2,3)29-19(28)26-10-8-25(9-11-26)13-14-4-6-15(7-5-14)23-18(27)17-16(21)12-22-24-17/h4-7,12H,8-11,13,21H2,1-3H3,(H,22,24)(H,23,27). The summed E-state index contributed by atoms with van der Waals surface area (Å²) in [6, 6.07) is 7.67. The number of piperazine rings is 1. The molecule has 0 saturated carbocycles. The Labute approximate surface area is 170 Å². The van der Waals surface area contributed by atoms with Crippen LogP contribution in [0.15, 0.2) is 30.5 Å². The SMILES string of the molecule is CC(C)(C)OC(=O)N1CCN(Cc2ccc(NC(=O)c3[nH]ncc3N)cc2)CC1. The van der Waals surface area contributed by atoms with E-state index in [9.17, 15) is 9.59 Å². The van der Waals surface area contributed by atoms with E-state index in [0.717, 1.165) is 25.2 Å². The second-order valence-electron chi connectivity index (χ2n) is 8.09. The van der Waals surface area contributed by atoms with Crippen molar-refractivity contribution in [1.29, 1.82) is 0 Å². The second-order valence-corrected chi connectivity index (χ2v) is 8.09. The summed E-state index contributed by atoms with van der Waals surface area (Å²) in [6.45, 7) is 9.27. The number of benzene rings is 1. The monoisotopic (exact) mass is 400 g/mol. The van der Waals surface area contributed by atoms with E-state index in [4.69, 9.17) is 10.5 Å². The molecule has 1 aromatic heterocycles. The summed E-state index contributed by atoms with van der Waals surface area (Å²) in [5.74, 6) is -0.328. The fourth-order valence-corrected chi connectivity index (χ4v) is 3.04. The van der Waals surface area contributed by atoms with E-state index in [1.807, 2.05) is 45.0 Å². The lowest BCUT2D eigenvalue weighted by molar-refractivity contribution is 0.0139. The minimum Gasteiger partial charge on any atom is -0.444 e. The molecule has 29 heavy (non-hydrogen) atoms. The van der Waals surface area contributed by atoms with Crippen molar-refractivity contribution in [3.63, 3.8) is 0 Å². The maximum Gasteiger partial charge on any atom is 0.410 e. The molecule has 9 nitrogen and oxygen atoms in total. The van der Waals surface area contributed by atoms with E-state index in [2.05, 4.69) is 20.4 Å². The molecule has 0 atom stereocenters. The van der Waals surface area contributed by atoms with Gasteiger partial charge in [0.2, 0.25) is 0 Å². The number of rotatable bonds is 4. The quantitative estimate of drug-likeness (QED) is 0.725. The molecule has 4 N–H and O–H groups in total. The van der Waals surface area contributed by atoms with Gasteiger partial charge >= 0.3 is 6.09 Å². The predicted molar refractivity (Wildman–Crippen MR) is 110 cm³/mol. The molecule has 0 radical (unpaired) electrons. The summed E-state index contributed by atoms with van der Waals surface area (Å²) in [6.07, 6.45) is 1.15. The van der Waals surface area contributed by atoms with Crippen molar-refractivity contribution in [2.75, 3.05) is 37.2 Å². The molecular weight excluding hydrogens is 372 g/mol. The average molecular weight is 400 g/mol. The predicted octanol–water partition coefficient (Wildman–Crippen LogP) is 2.30. The van der Waals surface area contributed by atoms with Gasteiger partial charge in [0.1, 0.15) is 11.3 Å². The molecule has 9 heteroatoms. The van der Waals surface area contributed by atoms with Crippen LogP contribution in [0.1, 0.15) is 36.8 Å². The molecule has 0 aliphatic carbocycles. The third-order valence-corrected chi connectivity index (χ3v) is 4.54. The normalized spacial score (nSPS) is 15.2. The van der Waals surface area contributed by atoms with Gasteiger partial charge in [0.25, 0.3) is 5.91 Å². The smallest absolute Gasteiger partial charge is 0.410 e. The van der Waals surface area contributed by atoms with Crippen LogP contribution in [0.25, 0.3) is 0 Å². The molecule has 2 aromatic rings. The lowest BCUT2D eigenvalue weighted by Gasteiger charge is -2.35. The Morgan fingerprint density at radius 2 is 1.83 bits per heavy atom. The number of hydrogen-bond acceptors (Lipinski definition) is 6. The molecule has 0 spiro atoms. The zero-order valence-corrected chi connectivity index (χ0v) is 17.1. The summed E-state index contributed by atoms with van der Waals surface area (Å²) < 4.78 is 5.43. The number of amides is 2. The number of hydrogen-bond donors (Lipinski definition) is 3. The van der Waals surface area contributed by atoms with Gasteiger partial charge in [-0.25, -0.2) is 4.79 Å². The molecule has 1 fully saturated rings. The highest BCUT2D eigenvalue weighted by Gasteiger charge is 2.25. The van der Waals surface area contributed by atoms with Gasteiger partial charge in [-0.1, -0.05) is 12.1 Å². The fraction of sp³-hybridized carbons (Fsp3) is 0.450. The van der Waals surface area contributed by atoms with Crippen LogP contribution in [0.5, 0.6) is 0 Å². The number of H-pyrrole nitrogens is 1. The van der Waals surface area contributed by atoms with E-state index in [0.29, 0.717) is 24.5 Å². The van der Waals surface area contributed by atoms with E-state index >= 15 is 0 Å². The van der Waals surface area contributed by atoms with Gasteiger partial charge in [0.15, 0.2) is 0 Å². The molecule has 2 heterocycles. The highest BCUT2D eigenvalue weighted by Crippen LogP contribution is 2.16. The first-order valence-electron chi connectivity index (χ1n) is 9.61. The maximum absolute atomic E-state index is 12.2. The van der Waals surface area contributed by atoms with Gasteiger partial charge in [-0.3, -0.25) is 14.8 Å². The molecule has 1 saturated heterocycles. The first kappa shape index (κ1) is 20.7. The number of nitrogens with zero attached hydrogens (tertiary/aromatic N) is 3. The van der Waals surface area contributed by atoms with Crippen molar-refractivity contribution in [1.82, 2.24) is 20.0 Å². The fourth-order valence-electron chi connectivity index (χ4n) is 3.04. The van der Waals surface area contributed by atoms with Crippen LogP contribution < -0.4 is 11.1 Å². The van der Waals surface area contributed by atoms with Crippen molar-refractivity contribution in [2.45, 2.75) is 32.9 Å². The Hall–Kier alpha value is -3.07. The Balaban J connectivity index is 1.48. The molecule has 1 aliphatic heterocycles. The Morgan fingerprint density at radius 1 is 1.17 bits per heavy atom. The third kappa shape index (κ3) is 5.71. The molecule has 1 aromatic carbocycles. The van der Waals surface area contributed by atoms with Crippen LogP contribution in [0.2, 0.25) is 0 Å². The summed E-state index contributed by atoms with van der Waals surface area (Å²) >= 11 is 0. The van der Waals surface area contributed by atoms with E-state index < -0.39 is 5.60 Å². The highest BCUT2D eigenvalue weighted by atomic mass is 16.6. The molecule has 0 bridgehead atoms. The van der Waals surface area contributed by atoms with E-state index in [1.54, 1.807) is 4.90 Å². The van der Waals surface area contributed by atoms with Crippen LogP contribution >= 0.6 is 0 Å². The molecular formula is C20H28N6O3. The van der Waals surface area contributed by atoms with Crippen molar-refractivity contribution >= 4 is 23.4 Å². The number of aromatic amines is 1. The van der Waals surface area contributed by atoms with Crippen molar-refractivity contribution in [3.05, 3.63) is 41.7 Å². The Morgan fingerprint density at radius 3 is 2.38 bits per heavy atom. The summed E-state index contributed by atoms with van der Waals surface area (Å²) in [5.41, 5.74) is 7.59. The molecule has 0 unspecified atom stereocenters. The number of anilines is 2. The Kier molecular flexibility index (Phi) is 6.07. The Bertz CT molecular complexity index is 848. The van der Waals surface area contributed by atoms with Gasteiger partial charge < -0.3 is 20.7 Å². The highest BCUT2D eigenvalue weighted by molar-refractivity contribution is 6.06. The summed E-state index contributed by atoms with van der Waals surface area (Å²) in [4.78, 5) is 28.3. The van der Waals surface area contributed by atoms with Crippen LogP contribution in [0.4, 0.5) is 16.2 Å². The number of carbonyl (C=O) groups excluding carboxylic acids is 2. The van der Waals surface area contributed by atoms with Crippen molar-refractivity contribution in [2.24, 2.45) is 0 Å². The van der Waals surface area contributed by atoms with E-state index in [1.165, 1.54) is 6.20 Å². The number of nitrogens with two attached hydrogens (primary N) is 1. The zero-order valence-electron chi connectivity index (χ0n) is 17.1. The number of nitrogens with one attached hydrogen (secondary N) is 2. The number of ether oxygens (including phenoxy) is 1. The number of carbonyl (C=O) groups is 2. The van der Waals surface area contributed by atoms with Gasteiger partial charge in [-0.05, 0) is 38.5 Å². The van der Waals surface area contributed by atoms with Crippen LogP contribution in [0.3, 0.4) is 0 Å². The topological polar surface area (TPSA) is 117 Å². The molecule has 1 aliphatic rings. The van der Waals surface area contributed by atoms with Crippen LogP contribution in [0, 0.1) is 0 Å². The van der Waals surface area contributed by atoms with Gasteiger partial charge in [-0.2, -0.15) is 5.10 Å². The third-order valence-electron chi connectivity index (χ3n) is 4.54. The minimum atomic E-state index is -0.478. The first-order valence-corrected chi connectivity index (χ1v) is 9.61. The van der Waals surface area contributed by atoms with Crippen LogP contribution in [-0.2, 0) is 11.3 Å². The number of nitrogen functional groups attached to an aromatic ring is 1. The van der Waals surface area contributed by atoms with Crippen molar-refractivity contribution in [3.8, 4) is 0 Å². The lowest BCUT2D eigenvalue weighted by atomic mass is 10.1. The largest absolute Gasteiger partial charge is 0.444 e. The maximum atomic E-state index is 12.2. The summed E-state index contributed by atoms with van der Waals surface area (Å²) in [7, 11) is 0. The minimum absolute atomic E-state index is 0.247. The average Bonchev–Trinajstić information content (AvgIpc) is 3.08. The van der Waals surface area contributed by atoms with Gasteiger partial charge in [0, 0.05) is 38.4 Å². The van der Waals surface area contributed by atoms with Gasteiger partial charge in [0.05, 0.1) is 11.9 Å². The molecule has 3 rings (SSSR count). The molecule has 2 amide bonds. The first-order chi connectivity index (χ1) is 13.7. The summed E-state index contributed by atoms with van der Waals surface area (Å²) in [5, 5.41) is 9.12. The van der Waals surface area contributed by atoms with Gasteiger partial charge in [-0.15, -0.1) is 0 Å².